The van der Waals surface area contributed by atoms with E-state index in [1.165, 1.54) is 47.1 Å². The van der Waals surface area contributed by atoms with Crippen molar-refractivity contribution >= 4 is 11.9 Å². The van der Waals surface area contributed by atoms with Crippen molar-refractivity contribution in [3.8, 4) is 28.0 Å². The molecule has 0 aliphatic heterocycles. The van der Waals surface area contributed by atoms with Crippen molar-refractivity contribution in [3.63, 3.8) is 0 Å². The third-order valence-corrected chi connectivity index (χ3v) is 8.55. The molecule has 0 bridgehead atoms. The molecule has 0 amide bonds. The molecule has 6 heteroatoms. The van der Waals surface area contributed by atoms with E-state index in [1.807, 2.05) is 20.8 Å². The van der Waals surface area contributed by atoms with E-state index in [1.54, 1.807) is 6.92 Å². The van der Waals surface area contributed by atoms with Gasteiger partial charge in [-0.3, -0.25) is 4.79 Å². The van der Waals surface area contributed by atoms with Gasteiger partial charge in [-0.1, -0.05) is 75.7 Å². The molecule has 49 heavy (non-hydrogen) atoms. The Bertz CT molecular complexity index is 1510. The lowest BCUT2D eigenvalue weighted by Crippen LogP contribution is -2.23. The number of rotatable bonds is 20. The van der Waals surface area contributed by atoms with Gasteiger partial charge in [0.05, 0.1) is 25.2 Å². The molecular weight excluding hydrogens is 612 g/mol. The number of aliphatic hydroxyl groups is 1. The number of esters is 2. The van der Waals surface area contributed by atoms with Gasteiger partial charge in [-0.15, -0.1) is 0 Å². The molecule has 3 aromatic rings. The van der Waals surface area contributed by atoms with Gasteiger partial charge in [0.2, 0.25) is 0 Å². The van der Waals surface area contributed by atoms with Crippen LogP contribution in [0.1, 0.15) is 102 Å². The molecule has 0 atom stereocenters. The number of aryl methyl sites for hydroxylation is 4. The summed E-state index contributed by atoms with van der Waals surface area (Å²) in [4.78, 5) is 24.4. The number of carbonyl (C=O) groups is 2. The molecule has 6 nitrogen and oxygen atoms in total. The standard InChI is InChI=1S/C43H58O6/c1-8-10-11-15-32-18-20-34(21-19-32)35-22-23-39(33(9-2)28-35)38-29-36(16-12-25-48-41(45)31(3)4)40(47-27-14-24-44)37(30-38)17-13-26-49-42(46)43(5,6)7/h18-23,28-30,44H,3,8-17,24-27H2,1-2,4-7H3. The zero-order valence-electron chi connectivity index (χ0n) is 30.8. The third-order valence-electron chi connectivity index (χ3n) is 8.55. The van der Waals surface area contributed by atoms with E-state index in [0.717, 1.165) is 35.3 Å². The van der Waals surface area contributed by atoms with Crippen LogP contribution < -0.4 is 4.74 Å². The summed E-state index contributed by atoms with van der Waals surface area (Å²) in [6.07, 6.45) is 8.77. The lowest BCUT2D eigenvalue weighted by Gasteiger charge is -2.20. The molecule has 0 fully saturated rings. The second kappa shape index (κ2) is 19.9. The number of hydrogen-bond donors (Lipinski definition) is 1. The Morgan fingerprint density at radius 3 is 1.90 bits per heavy atom. The van der Waals surface area contributed by atoms with Crippen molar-refractivity contribution in [3.05, 3.63) is 89.0 Å². The fourth-order valence-corrected chi connectivity index (χ4v) is 5.69. The van der Waals surface area contributed by atoms with E-state index >= 15 is 0 Å². The van der Waals surface area contributed by atoms with Gasteiger partial charge in [-0.2, -0.15) is 0 Å². The van der Waals surface area contributed by atoms with Crippen LogP contribution in [0.25, 0.3) is 22.3 Å². The van der Waals surface area contributed by atoms with Crippen molar-refractivity contribution in [2.24, 2.45) is 5.41 Å². The maximum Gasteiger partial charge on any atom is 0.333 e. The first-order valence-corrected chi connectivity index (χ1v) is 18.1. The minimum Gasteiger partial charge on any atom is -0.493 e. The van der Waals surface area contributed by atoms with Gasteiger partial charge in [0.25, 0.3) is 0 Å². The molecular formula is C43H58O6. The number of carbonyl (C=O) groups excluding carboxylic acids is 2. The van der Waals surface area contributed by atoms with Crippen molar-refractivity contribution < 1.29 is 28.9 Å². The van der Waals surface area contributed by atoms with Crippen LogP contribution in [-0.2, 0) is 44.7 Å². The molecule has 0 aromatic heterocycles. The second-order valence-corrected chi connectivity index (χ2v) is 13.9. The molecule has 0 heterocycles. The normalized spacial score (nSPS) is 11.3. The van der Waals surface area contributed by atoms with Crippen molar-refractivity contribution in [1.29, 1.82) is 0 Å². The summed E-state index contributed by atoms with van der Waals surface area (Å²) in [5, 5.41) is 9.47. The van der Waals surface area contributed by atoms with E-state index in [2.05, 4.69) is 75.0 Å². The van der Waals surface area contributed by atoms with Crippen molar-refractivity contribution in [1.82, 2.24) is 0 Å². The number of hydrogen-bond acceptors (Lipinski definition) is 6. The molecule has 0 radical (unpaired) electrons. The van der Waals surface area contributed by atoms with Gasteiger partial charge in [0.15, 0.2) is 0 Å². The van der Waals surface area contributed by atoms with Gasteiger partial charge >= 0.3 is 11.9 Å². The smallest absolute Gasteiger partial charge is 0.333 e. The van der Waals surface area contributed by atoms with Crippen LogP contribution in [0.2, 0.25) is 0 Å². The lowest BCUT2D eigenvalue weighted by molar-refractivity contribution is -0.153. The summed E-state index contributed by atoms with van der Waals surface area (Å²) in [5.41, 5.74) is 9.18. The Morgan fingerprint density at radius 2 is 1.33 bits per heavy atom. The second-order valence-electron chi connectivity index (χ2n) is 13.9. The SMILES string of the molecule is C=C(C)C(=O)OCCCc1cc(-c2ccc(-c3ccc(CCCCC)cc3)cc2CC)cc(CCCOC(=O)C(C)(C)C)c1OCCCO. The van der Waals surface area contributed by atoms with Crippen molar-refractivity contribution in [2.45, 2.75) is 106 Å². The highest BCUT2D eigenvalue weighted by Crippen LogP contribution is 2.36. The predicted octanol–water partition coefficient (Wildman–Crippen LogP) is 9.65. The van der Waals surface area contributed by atoms with E-state index in [0.29, 0.717) is 50.9 Å². The Kier molecular flexibility index (Phi) is 16.1. The summed E-state index contributed by atoms with van der Waals surface area (Å²) in [5.74, 6) is 0.182. The van der Waals surface area contributed by atoms with Crippen LogP contribution in [0.15, 0.2) is 66.7 Å². The molecule has 0 aliphatic rings. The first-order chi connectivity index (χ1) is 23.5. The summed E-state index contributed by atoms with van der Waals surface area (Å²) in [7, 11) is 0. The highest BCUT2D eigenvalue weighted by molar-refractivity contribution is 5.86. The Hall–Kier alpha value is -3.90. The minimum atomic E-state index is -0.557. The quantitative estimate of drug-likeness (QED) is 0.0733. The average molecular weight is 671 g/mol. The van der Waals surface area contributed by atoms with E-state index in [9.17, 15) is 14.7 Å². The van der Waals surface area contributed by atoms with Crippen LogP contribution in [0.3, 0.4) is 0 Å². The Labute approximate surface area is 294 Å². The molecule has 3 aromatic carbocycles. The minimum absolute atomic E-state index is 0.0379. The molecule has 0 unspecified atom stereocenters. The number of ether oxygens (including phenoxy) is 3. The monoisotopic (exact) mass is 670 g/mol. The maximum atomic E-state index is 12.4. The van der Waals surface area contributed by atoms with Gasteiger partial charge in [0.1, 0.15) is 5.75 Å². The van der Waals surface area contributed by atoms with E-state index in [-0.39, 0.29) is 19.2 Å². The average Bonchev–Trinajstić information content (AvgIpc) is 3.08. The van der Waals surface area contributed by atoms with Gasteiger partial charge < -0.3 is 19.3 Å². The zero-order chi connectivity index (χ0) is 35.8. The molecule has 266 valence electrons. The van der Waals surface area contributed by atoms with Gasteiger partial charge in [-0.05, 0) is 129 Å². The highest BCUT2D eigenvalue weighted by atomic mass is 16.5. The predicted molar refractivity (Wildman–Crippen MR) is 200 cm³/mol. The molecule has 0 saturated carbocycles. The van der Waals surface area contributed by atoms with Crippen LogP contribution in [-0.4, -0.2) is 43.5 Å². The number of aliphatic hydroxyl groups excluding tert-OH is 1. The van der Waals surface area contributed by atoms with Crippen LogP contribution in [0.5, 0.6) is 5.75 Å². The zero-order valence-corrected chi connectivity index (χ0v) is 30.8. The fourth-order valence-electron chi connectivity index (χ4n) is 5.69. The van der Waals surface area contributed by atoms with Crippen LogP contribution in [0.4, 0.5) is 0 Å². The third kappa shape index (κ3) is 12.5. The Balaban J connectivity index is 1.97. The molecule has 3 rings (SSSR count). The van der Waals surface area contributed by atoms with Crippen LogP contribution in [0, 0.1) is 5.41 Å². The fraction of sp³-hybridized carbons (Fsp3) is 0.488. The summed E-state index contributed by atoms with van der Waals surface area (Å²) >= 11 is 0. The lowest BCUT2D eigenvalue weighted by atomic mass is 9.89. The van der Waals surface area contributed by atoms with Gasteiger partial charge in [0, 0.05) is 18.6 Å². The topological polar surface area (TPSA) is 82.1 Å². The van der Waals surface area contributed by atoms with Gasteiger partial charge in [-0.25, -0.2) is 4.79 Å². The summed E-state index contributed by atoms with van der Waals surface area (Å²) in [6, 6.07) is 20.1. The number of benzene rings is 3. The first-order valence-electron chi connectivity index (χ1n) is 18.1. The Morgan fingerprint density at radius 1 is 0.714 bits per heavy atom. The van der Waals surface area contributed by atoms with E-state index in [4.69, 9.17) is 14.2 Å². The molecule has 0 aliphatic carbocycles. The summed E-state index contributed by atoms with van der Waals surface area (Å²) < 4.78 is 17.3. The maximum absolute atomic E-state index is 12.4. The first kappa shape index (κ1) is 39.5. The molecule has 0 saturated heterocycles. The molecule has 0 spiro atoms. The number of unbranched alkanes of at least 4 members (excludes halogenated alkanes) is 2. The largest absolute Gasteiger partial charge is 0.493 e. The molecule has 1 N–H and O–H groups in total. The van der Waals surface area contributed by atoms with Crippen molar-refractivity contribution in [2.75, 3.05) is 26.4 Å². The van der Waals surface area contributed by atoms with E-state index < -0.39 is 11.4 Å². The van der Waals surface area contributed by atoms with Crippen LogP contribution >= 0.6 is 0 Å². The highest BCUT2D eigenvalue weighted by Gasteiger charge is 2.23. The summed E-state index contributed by atoms with van der Waals surface area (Å²) in [6.45, 7) is 16.3.